The van der Waals surface area contributed by atoms with Crippen molar-refractivity contribution in [3.8, 4) is 0 Å². The van der Waals surface area contributed by atoms with E-state index in [2.05, 4.69) is 21.2 Å². The third kappa shape index (κ3) is 3.35. The summed E-state index contributed by atoms with van der Waals surface area (Å²) in [6, 6.07) is 6.05. The zero-order chi connectivity index (χ0) is 10.6. The summed E-state index contributed by atoms with van der Waals surface area (Å²) in [5, 5.41) is 2.60. The zero-order valence-electron chi connectivity index (χ0n) is 8.13. The van der Waals surface area contributed by atoms with Gasteiger partial charge >= 0.3 is 0 Å². The van der Waals surface area contributed by atoms with Gasteiger partial charge in [0.1, 0.15) is 0 Å². The van der Waals surface area contributed by atoms with Gasteiger partial charge in [-0.3, -0.25) is 4.79 Å². The molecule has 1 aromatic rings. The predicted octanol–water partition coefficient (Wildman–Crippen LogP) is 2.60. The summed E-state index contributed by atoms with van der Waals surface area (Å²) in [7, 11) is 1.65. The largest absolute Gasteiger partial charge is 0.358 e. The molecule has 0 saturated heterocycles. The number of carbonyl (C=O) groups is 1. The molecule has 0 unspecified atom stereocenters. The number of aryl methyl sites for hydroxylation is 1. The lowest BCUT2D eigenvalue weighted by molar-refractivity contribution is -0.118. The number of hydrogen-bond donors (Lipinski definition) is 1. The summed E-state index contributed by atoms with van der Waals surface area (Å²) in [4.78, 5) is 12.2. The Kier molecular flexibility index (Phi) is 4.48. The summed E-state index contributed by atoms with van der Waals surface area (Å²) >= 11 is 4.96. The molecule has 1 rings (SSSR count). The quantitative estimate of drug-likeness (QED) is 0.858. The highest BCUT2D eigenvalue weighted by molar-refractivity contribution is 9.10. The number of hydrogen-bond acceptors (Lipinski definition) is 2. The van der Waals surface area contributed by atoms with Crippen molar-refractivity contribution in [1.82, 2.24) is 5.32 Å². The topological polar surface area (TPSA) is 29.1 Å². The molecule has 14 heavy (non-hydrogen) atoms. The molecule has 0 fully saturated rings. The Morgan fingerprint density at radius 3 is 2.86 bits per heavy atom. The van der Waals surface area contributed by atoms with Gasteiger partial charge in [0.05, 0.1) is 5.75 Å². The van der Waals surface area contributed by atoms with Crippen molar-refractivity contribution in [3.05, 3.63) is 28.2 Å². The maximum absolute atomic E-state index is 11.0. The second-order valence-electron chi connectivity index (χ2n) is 2.87. The maximum atomic E-state index is 11.0. The van der Waals surface area contributed by atoms with Crippen LogP contribution in [0.5, 0.6) is 0 Å². The summed E-state index contributed by atoms with van der Waals surface area (Å²) in [5.41, 5.74) is 1.19. The van der Waals surface area contributed by atoms with Crippen LogP contribution in [-0.4, -0.2) is 18.7 Å². The zero-order valence-corrected chi connectivity index (χ0v) is 10.5. The molecule has 1 N–H and O–H groups in total. The van der Waals surface area contributed by atoms with Crippen LogP contribution in [0.3, 0.4) is 0 Å². The Bertz CT molecular complexity index is 341. The van der Waals surface area contributed by atoms with Crippen molar-refractivity contribution in [2.24, 2.45) is 0 Å². The van der Waals surface area contributed by atoms with E-state index in [9.17, 15) is 4.79 Å². The minimum atomic E-state index is 0.0531. The monoisotopic (exact) mass is 273 g/mol. The van der Waals surface area contributed by atoms with Crippen molar-refractivity contribution >= 4 is 33.6 Å². The lowest BCUT2D eigenvalue weighted by Crippen LogP contribution is -2.19. The molecule has 1 aromatic carbocycles. The first-order chi connectivity index (χ1) is 6.63. The molecular formula is C10H12BrNOS. The summed E-state index contributed by atoms with van der Waals surface area (Å²) in [6.07, 6.45) is 0. The van der Waals surface area contributed by atoms with Gasteiger partial charge in [0, 0.05) is 16.4 Å². The van der Waals surface area contributed by atoms with Crippen LogP contribution in [0.15, 0.2) is 27.6 Å². The van der Waals surface area contributed by atoms with Gasteiger partial charge in [-0.2, -0.15) is 0 Å². The number of halogens is 1. The second kappa shape index (κ2) is 5.41. The highest BCUT2D eigenvalue weighted by Crippen LogP contribution is 2.24. The van der Waals surface area contributed by atoms with Crippen LogP contribution in [0.25, 0.3) is 0 Å². The van der Waals surface area contributed by atoms with Crippen molar-refractivity contribution in [3.63, 3.8) is 0 Å². The standard InChI is InChI=1S/C10H12BrNOS/c1-7-5-8(11)3-4-9(7)14-6-10(13)12-2/h3-5H,6H2,1-2H3,(H,12,13). The van der Waals surface area contributed by atoms with Crippen LogP contribution in [0.1, 0.15) is 5.56 Å². The molecule has 2 nitrogen and oxygen atoms in total. The van der Waals surface area contributed by atoms with E-state index >= 15 is 0 Å². The first-order valence-electron chi connectivity index (χ1n) is 4.23. The molecule has 0 radical (unpaired) electrons. The van der Waals surface area contributed by atoms with Crippen LogP contribution in [-0.2, 0) is 4.79 Å². The Balaban J connectivity index is 2.63. The SMILES string of the molecule is CNC(=O)CSc1ccc(Br)cc1C. The number of rotatable bonds is 3. The third-order valence-electron chi connectivity index (χ3n) is 1.77. The molecule has 1 amide bonds. The smallest absolute Gasteiger partial charge is 0.230 e. The maximum Gasteiger partial charge on any atom is 0.230 e. The van der Waals surface area contributed by atoms with Gasteiger partial charge in [-0.1, -0.05) is 15.9 Å². The Morgan fingerprint density at radius 2 is 2.29 bits per heavy atom. The molecule has 0 aliphatic heterocycles. The lowest BCUT2D eigenvalue weighted by atomic mass is 10.2. The predicted molar refractivity (Wildman–Crippen MR) is 63.7 cm³/mol. The molecule has 0 aromatic heterocycles. The summed E-state index contributed by atoms with van der Waals surface area (Å²) in [5.74, 6) is 0.524. The van der Waals surface area contributed by atoms with E-state index in [4.69, 9.17) is 0 Å². The molecule has 76 valence electrons. The molecule has 0 saturated carbocycles. The average Bonchev–Trinajstić information content (AvgIpc) is 2.16. The van der Waals surface area contributed by atoms with Gasteiger partial charge in [-0.25, -0.2) is 0 Å². The molecule has 0 heterocycles. The van der Waals surface area contributed by atoms with Crippen molar-refractivity contribution in [2.45, 2.75) is 11.8 Å². The van der Waals surface area contributed by atoms with Crippen LogP contribution in [0.2, 0.25) is 0 Å². The molecule has 0 aliphatic carbocycles. The van der Waals surface area contributed by atoms with Crippen LogP contribution in [0, 0.1) is 6.92 Å². The van der Waals surface area contributed by atoms with Crippen LogP contribution < -0.4 is 5.32 Å². The minimum absolute atomic E-state index is 0.0531. The third-order valence-corrected chi connectivity index (χ3v) is 3.44. The van der Waals surface area contributed by atoms with E-state index in [-0.39, 0.29) is 5.91 Å². The Hall–Kier alpha value is -0.480. The van der Waals surface area contributed by atoms with E-state index in [0.717, 1.165) is 9.37 Å². The van der Waals surface area contributed by atoms with Crippen LogP contribution in [0.4, 0.5) is 0 Å². The molecule has 0 aliphatic rings. The van der Waals surface area contributed by atoms with E-state index in [1.807, 2.05) is 25.1 Å². The molecular weight excluding hydrogens is 262 g/mol. The number of benzene rings is 1. The van der Waals surface area contributed by atoms with Crippen molar-refractivity contribution in [2.75, 3.05) is 12.8 Å². The van der Waals surface area contributed by atoms with Gasteiger partial charge in [-0.05, 0) is 30.7 Å². The molecule has 0 spiro atoms. The van der Waals surface area contributed by atoms with E-state index < -0.39 is 0 Å². The van der Waals surface area contributed by atoms with Gasteiger partial charge in [0.2, 0.25) is 5.91 Å². The van der Waals surface area contributed by atoms with Gasteiger partial charge in [0.25, 0.3) is 0 Å². The fraction of sp³-hybridized carbons (Fsp3) is 0.300. The second-order valence-corrected chi connectivity index (χ2v) is 4.80. The molecule has 0 atom stereocenters. The minimum Gasteiger partial charge on any atom is -0.358 e. The van der Waals surface area contributed by atoms with E-state index in [0.29, 0.717) is 5.75 Å². The lowest BCUT2D eigenvalue weighted by Gasteiger charge is -2.04. The first-order valence-corrected chi connectivity index (χ1v) is 6.01. The summed E-state index contributed by atoms with van der Waals surface area (Å²) in [6.45, 7) is 2.04. The highest BCUT2D eigenvalue weighted by atomic mass is 79.9. The highest BCUT2D eigenvalue weighted by Gasteiger charge is 2.03. The van der Waals surface area contributed by atoms with Gasteiger partial charge < -0.3 is 5.32 Å². The summed E-state index contributed by atoms with van der Waals surface area (Å²) < 4.78 is 1.07. The average molecular weight is 274 g/mol. The molecule has 0 bridgehead atoms. The first kappa shape index (κ1) is 11.6. The fourth-order valence-corrected chi connectivity index (χ4v) is 2.35. The van der Waals surface area contributed by atoms with Crippen LogP contribution >= 0.6 is 27.7 Å². The number of nitrogens with one attached hydrogen (secondary N) is 1. The van der Waals surface area contributed by atoms with Gasteiger partial charge in [0.15, 0.2) is 0 Å². The van der Waals surface area contributed by atoms with E-state index in [1.165, 1.54) is 5.56 Å². The van der Waals surface area contributed by atoms with Crippen molar-refractivity contribution < 1.29 is 4.79 Å². The number of thioether (sulfide) groups is 1. The van der Waals surface area contributed by atoms with Gasteiger partial charge in [-0.15, -0.1) is 11.8 Å². The normalized spacial score (nSPS) is 9.93. The van der Waals surface area contributed by atoms with E-state index in [1.54, 1.807) is 18.8 Å². The van der Waals surface area contributed by atoms with Crippen molar-refractivity contribution in [1.29, 1.82) is 0 Å². The number of carbonyl (C=O) groups excluding carboxylic acids is 1. The fourth-order valence-electron chi connectivity index (χ4n) is 0.990. The Labute approximate surface area is 96.6 Å². The molecule has 4 heteroatoms. The Morgan fingerprint density at radius 1 is 1.57 bits per heavy atom. The number of amides is 1.